The van der Waals surface area contributed by atoms with Crippen LogP contribution < -0.4 is 5.32 Å². The number of nitrogens with one attached hydrogen (secondary N) is 1. The highest BCUT2D eigenvalue weighted by Gasteiger charge is 2.34. The minimum Gasteiger partial charge on any atom is -0.313 e. The molecule has 1 saturated carbocycles. The molecule has 2 fully saturated rings. The molecule has 0 aromatic rings. The molecule has 2 heteroatoms. The van der Waals surface area contributed by atoms with Gasteiger partial charge in [0.15, 0.2) is 0 Å². The molecule has 0 spiro atoms. The van der Waals surface area contributed by atoms with E-state index in [1.165, 1.54) is 51.7 Å². The van der Waals surface area contributed by atoms with Crippen molar-refractivity contribution in [3.8, 4) is 0 Å². The van der Waals surface area contributed by atoms with Crippen molar-refractivity contribution in [3.63, 3.8) is 0 Å². The van der Waals surface area contributed by atoms with E-state index in [1.807, 2.05) is 0 Å². The number of rotatable bonds is 4. The van der Waals surface area contributed by atoms with E-state index in [2.05, 4.69) is 31.0 Å². The number of nitrogens with zero attached hydrogens (tertiary/aromatic N) is 1. The molecule has 2 rings (SSSR count). The third-order valence-corrected chi connectivity index (χ3v) is 4.48. The van der Waals surface area contributed by atoms with Gasteiger partial charge in [0, 0.05) is 18.6 Å². The Morgan fingerprint density at radius 1 is 1.31 bits per heavy atom. The molecular weight excluding hydrogens is 196 g/mol. The fourth-order valence-corrected chi connectivity index (χ4v) is 3.44. The van der Waals surface area contributed by atoms with Crippen molar-refractivity contribution in [2.24, 2.45) is 5.41 Å². The SMILES string of the molecule is CCN(CC1CCCN1)C1CCC(C)(C)C1. The Labute approximate surface area is 101 Å². The minimum atomic E-state index is 0.585. The maximum atomic E-state index is 3.62. The monoisotopic (exact) mass is 224 g/mol. The van der Waals surface area contributed by atoms with Crippen molar-refractivity contribution in [2.45, 2.75) is 65.0 Å². The molecule has 2 atom stereocenters. The normalized spacial score (nSPS) is 33.8. The average molecular weight is 224 g/mol. The van der Waals surface area contributed by atoms with Gasteiger partial charge in [-0.15, -0.1) is 0 Å². The average Bonchev–Trinajstić information content (AvgIpc) is 2.83. The zero-order chi connectivity index (χ0) is 11.6. The Bertz CT molecular complexity index is 219. The second-order valence-corrected chi connectivity index (χ2v) is 6.44. The molecule has 2 unspecified atom stereocenters. The fourth-order valence-electron chi connectivity index (χ4n) is 3.44. The van der Waals surface area contributed by atoms with Crippen LogP contribution in [0.15, 0.2) is 0 Å². The van der Waals surface area contributed by atoms with Crippen LogP contribution >= 0.6 is 0 Å². The molecule has 1 aliphatic carbocycles. The summed E-state index contributed by atoms with van der Waals surface area (Å²) in [6.07, 6.45) is 6.97. The van der Waals surface area contributed by atoms with Crippen molar-refractivity contribution >= 4 is 0 Å². The van der Waals surface area contributed by atoms with Gasteiger partial charge in [-0.2, -0.15) is 0 Å². The summed E-state index contributed by atoms with van der Waals surface area (Å²) in [4.78, 5) is 2.72. The van der Waals surface area contributed by atoms with E-state index in [0.29, 0.717) is 5.41 Å². The van der Waals surface area contributed by atoms with E-state index in [-0.39, 0.29) is 0 Å². The molecule has 1 aliphatic heterocycles. The molecule has 2 nitrogen and oxygen atoms in total. The van der Waals surface area contributed by atoms with Gasteiger partial charge in [-0.25, -0.2) is 0 Å². The molecule has 0 aromatic heterocycles. The molecular formula is C14H28N2. The van der Waals surface area contributed by atoms with E-state index >= 15 is 0 Å². The Morgan fingerprint density at radius 2 is 2.12 bits per heavy atom. The molecule has 1 heterocycles. The highest BCUT2D eigenvalue weighted by Crippen LogP contribution is 2.39. The smallest absolute Gasteiger partial charge is 0.0195 e. The van der Waals surface area contributed by atoms with Gasteiger partial charge in [-0.3, -0.25) is 4.90 Å². The molecule has 0 aromatic carbocycles. The van der Waals surface area contributed by atoms with E-state index in [4.69, 9.17) is 0 Å². The second kappa shape index (κ2) is 5.05. The molecule has 94 valence electrons. The lowest BCUT2D eigenvalue weighted by molar-refractivity contribution is 0.180. The van der Waals surface area contributed by atoms with Crippen molar-refractivity contribution in [1.29, 1.82) is 0 Å². The van der Waals surface area contributed by atoms with E-state index in [9.17, 15) is 0 Å². The first-order valence-electron chi connectivity index (χ1n) is 7.08. The Kier molecular flexibility index (Phi) is 3.91. The van der Waals surface area contributed by atoms with Crippen LogP contribution in [0.1, 0.15) is 52.9 Å². The van der Waals surface area contributed by atoms with Crippen LogP contribution in [0.25, 0.3) is 0 Å². The molecule has 0 radical (unpaired) electrons. The molecule has 16 heavy (non-hydrogen) atoms. The number of hydrogen-bond donors (Lipinski definition) is 1. The Hall–Kier alpha value is -0.0800. The molecule has 1 N–H and O–H groups in total. The molecule has 0 amide bonds. The summed E-state index contributed by atoms with van der Waals surface area (Å²) < 4.78 is 0. The first kappa shape index (κ1) is 12.4. The summed E-state index contributed by atoms with van der Waals surface area (Å²) in [6, 6.07) is 1.62. The molecule has 0 bridgehead atoms. The van der Waals surface area contributed by atoms with Crippen LogP contribution in [-0.4, -0.2) is 36.6 Å². The predicted octanol–water partition coefficient (Wildman–Crippen LogP) is 2.64. The maximum absolute atomic E-state index is 3.62. The lowest BCUT2D eigenvalue weighted by Crippen LogP contribution is -2.42. The largest absolute Gasteiger partial charge is 0.313 e. The lowest BCUT2D eigenvalue weighted by Gasteiger charge is -2.31. The van der Waals surface area contributed by atoms with Gasteiger partial charge >= 0.3 is 0 Å². The van der Waals surface area contributed by atoms with Crippen molar-refractivity contribution < 1.29 is 0 Å². The molecule has 1 saturated heterocycles. The Morgan fingerprint density at radius 3 is 2.62 bits per heavy atom. The highest BCUT2D eigenvalue weighted by atomic mass is 15.2. The third kappa shape index (κ3) is 2.98. The van der Waals surface area contributed by atoms with Crippen molar-refractivity contribution in [3.05, 3.63) is 0 Å². The van der Waals surface area contributed by atoms with Gasteiger partial charge in [0.1, 0.15) is 0 Å². The predicted molar refractivity (Wildman–Crippen MR) is 69.7 cm³/mol. The topological polar surface area (TPSA) is 15.3 Å². The first-order chi connectivity index (χ1) is 7.61. The van der Waals surface area contributed by atoms with Gasteiger partial charge in [0.05, 0.1) is 0 Å². The second-order valence-electron chi connectivity index (χ2n) is 6.44. The fraction of sp³-hybridized carbons (Fsp3) is 1.00. The quantitative estimate of drug-likeness (QED) is 0.790. The van der Waals surface area contributed by atoms with E-state index in [0.717, 1.165) is 12.1 Å². The van der Waals surface area contributed by atoms with Crippen LogP contribution in [0, 0.1) is 5.41 Å². The number of hydrogen-bond acceptors (Lipinski definition) is 2. The van der Waals surface area contributed by atoms with Crippen LogP contribution in [-0.2, 0) is 0 Å². The van der Waals surface area contributed by atoms with Crippen molar-refractivity contribution in [2.75, 3.05) is 19.6 Å². The summed E-state index contributed by atoms with van der Waals surface area (Å²) in [5.74, 6) is 0. The summed E-state index contributed by atoms with van der Waals surface area (Å²) in [5, 5.41) is 3.62. The van der Waals surface area contributed by atoms with Gasteiger partial charge in [0.25, 0.3) is 0 Å². The van der Waals surface area contributed by atoms with E-state index < -0.39 is 0 Å². The first-order valence-corrected chi connectivity index (χ1v) is 7.08. The van der Waals surface area contributed by atoms with Gasteiger partial charge in [-0.05, 0) is 50.6 Å². The summed E-state index contributed by atoms with van der Waals surface area (Å²) in [7, 11) is 0. The van der Waals surface area contributed by atoms with Gasteiger partial charge < -0.3 is 5.32 Å². The van der Waals surface area contributed by atoms with Crippen molar-refractivity contribution in [1.82, 2.24) is 10.2 Å². The van der Waals surface area contributed by atoms with E-state index in [1.54, 1.807) is 0 Å². The highest BCUT2D eigenvalue weighted by molar-refractivity contribution is 4.89. The lowest BCUT2D eigenvalue weighted by atomic mass is 9.91. The summed E-state index contributed by atoms with van der Waals surface area (Å²) in [5.41, 5.74) is 0.585. The van der Waals surface area contributed by atoms with Gasteiger partial charge in [-0.1, -0.05) is 20.8 Å². The van der Waals surface area contributed by atoms with Crippen LogP contribution in [0.5, 0.6) is 0 Å². The molecule has 2 aliphatic rings. The zero-order valence-electron chi connectivity index (χ0n) is 11.3. The maximum Gasteiger partial charge on any atom is 0.0195 e. The van der Waals surface area contributed by atoms with Gasteiger partial charge in [0.2, 0.25) is 0 Å². The zero-order valence-corrected chi connectivity index (χ0v) is 11.3. The Balaban J connectivity index is 1.85. The van der Waals surface area contributed by atoms with Crippen LogP contribution in [0.4, 0.5) is 0 Å². The minimum absolute atomic E-state index is 0.585. The number of likely N-dealkylation sites (N-methyl/N-ethyl adjacent to an activating group) is 1. The standard InChI is InChI=1S/C14H28N2/c1-4-16(11-12-6-5-9-15-12)13-7-8-14(2,3)10-13/h12-13,15H,4-11H2,1-3H3. The van der Waals surface area contributed by atoms with Crippen LogP contribution in [0.2, 0.25) is 0 Å². The summed E-state index contributed by atoms with van der Waals surface area (Å²) in [6.45, 7) is 10.9. The third-order valence-electron chi connectivity index (χ3n) is 4.48. The van der Waals surface area contributed by atoms with Crippen LogP contribution in [0.3, 0.4) is 0 Å². The summed E-state index contributed by atoms with van der Waals surface area (Å²) >= 11 is 0.